The van der Waals surface area contributed by atoms with Gasteiger partial charge in [-0.05, 0) is 36.8 Å². The van der Waals surface area contributed by atoms with Crippen LogP contribution in [-0.4, -0.2) is 18.5 Å². The van der Waals surface area contributed by atoms with E-state index in [1.807, 2.05) is 24.3 Å². The molecule has 110 valence electrons. The lowest BCUT2D eigenvalue weighted by Gasteiger charge is -2.28. The minimum absolute atomic E-state index is 0.0455. The maximum absolute atomic E-state index is 12.5. The summed E-state index contributed by atoms with van der Waals surface area (Å²) in [6.07, 6.45) is 4.52. The van der Waals surface area contributed by atoms with Crippen molar-refractivity contribution in [3.8, 4) is 0 Å². The van der Waals surface area contributed by atoms with E-state index in [0.717, 1.165) is 30.6 Å². The molecule has 0 heterocycles. The molecule has 20 heavy (non-hydrogen) atoms. The van der Waals surface area contributed by atoms with E-state index in [4.69, 9.17) is 0 Å². The van der Waals surface area contributed by atoms with Crippen LogP contribution in [0.1, 0.15) is 56.8 Å². The molecule has 1 aliphatic rings. The third-order valence-electron chi connectivity index (χ3n) is 4.30. The summed E-state index contributed by atoms with van der Waals surface area (Å²) >= 11 is 0. The first-order chi connectivity index (χ1) is 9.54. The quantitative estimate of drug-likeness (QED) is 0.857. The summed E-state index contributed by atoms with van der Waals surface area (Å²) in [6.45, 7) is 7.49. The average molecular weight is 274 g/mol. The van der Waals surface area contributed by atoms with Crippen LogP contribution in [0.25, 0.3) is 0 Å². The molecule has 1 amide bonds. The third-order valence-corrected chi connectivity index (χ3v) is 4.30. The van der Waals surface area contributed by atoms with Crippen molar-refractivity contribution in [1.82, 2.24) is 5.32 Å². The van der Waals surface area contributed by atoms with Crippen molar-refractivity contribution >= 4 is 11.6 Å². The smallest absolute Gasteiger partial charge is 0.253 e. The van der Waals surface area contributed by atoms with E-state index in [-0.39, 0.29) is 17.4 Å². The van der Waals surface area contributed by atoms with Crippen LogP contribution < -0.4 is 10.6 Å². The highest BCUT2D eigenvalue weighted by molar-refractivity contribution is 5.99. The maximum Gasteiger partial charge on any atom is 0.253 e. The zero-order valence-electron chi connectivity index (χ0n) is 12.8. The molecule has 1 atom stereocenters. The average Bonchev–Trinajstić information content (AvgIpc) is 2.76. The molecule has 1 aliphatic carbocycles. The normalized spacial score (nSPS) is 20.6. The molecule has 0 saturated heterocycles. The van der Waals surface area contributed by atoms with Crippen molar-refractivity contribution < 1.29 is 4.79 Å². The Labute approximate surface area is 122 Å². The van der Waals surface area contributed by atoms with Crippen molar-refractivity contribution in [2.24, 2.45) is 5.41 Å². The number of nitrogens with one attached hydrogen (secondary N) is 2. The second-order valence-electron chi connectivity index (χ2n) is 6.38. The molecule has 1 aromatic carbocycles. The fraction of sp³-hybridized carbons (Fsp3) is 0.588. The van der Waals surface area contributed by atoms with E-state index in [2.05, 4.69) is 31.4 Å². The molecule has 0 spiro atoms. The van der Waals surface area contributed by atoms with Gasteiger partial charge in [0.1, 0.15) is 0 Å². The van der Waals surface area contributed by atoms with Crippen LogP contribution in [0.15, 0.2) is 24.3 Å². The lowest BCUT2D eigenvalue weighted by molar-refractivity contribution is 0.0911. The van der Waals surface area contributed by atoms with Crippen molar-refractivity contribution in [2.75, 3.05) is 11.9 Å². The Morgan fingerprint density at radius 3 is 2.75 bits per heavy atom. The maximum atomic E-state index is 12.5. The number of hydrogen-bond donors (Lipinski definition) is 2. The fourth-order valence-corrected chi connectivity index (χ4v) is 2.93. The first-order valence-corrected chi connectivity index (χ1v) is 7.68. The van der Waals surface area contributed by atoms with Gasteiger partial charge in [0.15, 0.2) is 0 Å². The summed E-state index contributed by atoms with van der Waals surface area (Å²) in [5.41, 5.74) is 1.90. The topological polar surface area (TPSA) is 41.1 Å². The molecule has 3 nitrogen and oxygen atoms in total. The van der Waals surface area contributed by atoms with E-state index in [1.54, 1.807) is 0 Å². The van der Waals surface area contributed by atoms with Crippen molar-refractivity contribution in [1.29, 1.82) is 0 Å². The predicted octanol–water partition coefficient (Wildman–Crippen LogP) is 3.82. The van der Waals surface area contributed by atoms with Gasteiger partial charge < -0.3 is 10.6 Å². The molecule has 2 N–H and O–H groups in total. The highest BCUT2D eigenvalue weighted by Gasteiger charge is 2.35. The van der Waals surface area contributed by atoms with Gasteiger partial charge in [-0.25, -0.2) is 0 Å². The lowest BCUT2D eigenvalue weighted by atomic mass is 9.87. The third kappa shape index (κ3) is 3.33. The Hall–Kier alpha value is -1.51. The molecule has 0 aliphatic heterocycles. The zero-order valence-corrected chi connectivity index (χ0v) is 12.8. The molecule has 1 saturated carbocycles. The highest BCUT2D eigenvalue weighted by atomic mass is 16.1. The van der Waals surface area contributed by atoms with E-state index in [9.17, 15) is 4.79 Å². The van der Waals surface area contributed by atoms with Crippen molar-refractivity contribution in [3.05, 3.63) is 29.8 Å². The fourth-order valence-electron chi connectivity index (χ4n) is 2.93. The molecule has 2 rings (SSSR count). The summed E-state index contributed by atoms with van der Waals surface area (Å²) in [4.78, 5) is 12.5. The first kappa shape index (κ1) is 14.9. The zero-order chi connectivity index (χ0) is 14.6. The van der Waals surface area contributed by atoms with Crippen LogP contribution in [0.2, 0.25) is 0 Å². The van der Waals surface area contributed by atoms with Crippen LogP contribution in [0.5, 0.6) is 0 Å². The van der Waals surface area contributed by atoms with E-state index in [1.165, 1.54) is 12.8 Å². The number of amides is 1. The molecule has 0 aromatic heterocycles. The molecule has 0 radical (unpaired) electrons. The second kappa shape index (κ2) is 6.29. The Balaban J connectivity index is 2.09. The summed E-state index contributed by atoms with van der Waals surface area (Å²) < 4.78 is 0. The van der Waals surface area contributed by atoms with E-state index >= 15 is 0 Å². The SMILES string of the molecule is CCCNc1ccccc1C(=O)NC1CCCC1(C)C. The molecule has 1 aromatic rings. The van der Waals surface area contributed by atoms with Gasteiger partial charge in [-0.15, -0.1) is 0 Å². The largest absolute Gasteiger partial charge is 0.384 e. The van der Waals surface area contributed by atoms with Gasteiger partial charge in [0, 0.05) is 18.3 Å². The number of hydrogen-bond acceptors (Lipinski definition) is 2. The number of carbonyl (C=O) groups is 1. The van der Waals surface area contributed by atoms with E-state index in [0.29, 0.717) is 0 Å². The van der Waals surface area contributed by atoms with Gasteiger partial charge in [0.25, 0.3) is 5.91 Å². The van der Waals surface area contributed by atoms with Crippen LogP contribution in [0.4, 0.5) is 5.69 Å². The monoisotopic (exact) mass is 274 g/mol. The standard InChI is InChI=1S/C17H26N2O/c1-4-12-18-14-9-6-5-8-13(14)16(20)19-15-10-7-11-17(15,2)3/h5-6,8-9,15,18H,4,7,10-12H2,1-3H3,(H,19,20). The Kier molecular flexibility index (Phi) is 4.69. The van der Waals surface area contributed by atoms with Gasteiger partial charge in [-0.3, -0.25) is 4.79 Å². The Bertz CT molecular complexity index is 468. The number of carbonyl (C=O) groups excluding carboxylic acids is 1. The van der Waals surface area contributed by atoms with Crippen LogP contribution in [0.3, 0.4) is 0 Å². The van der Waals surface area contributed by atoms with Crippen molar-refractivity contribution in [2.45, 2.75) is 52.5 Å². The van der Waals surface area contributed by atoms with Crippen LogP contribution in [0, 0.1) is 5.41 Å². The van der Waals surface area contributed by atoms with E-state index < -0.39 is 0 Å². The minimum atomic E-state index is 0.0455. The minimum Gasteiger partial charge on any atom is -0.384 e. The lowest BCUT2D eigenvalue weighted by Crippen LogP contribution is -2.41. The number of para-hydroxylation sites is 1. The summed E-state index contributed by atoms with van der Waals surface area (Å²) in [7, 11) is 0. The van der Waals surface area contributed by atoms with Gasteiger partial charge in [-0.1, -0.05) is 39.3 Å². The Morgan fingerprint density at radius 2 is 2.10 bits per heavy atom. The second-order valence-corrected chi connectivity index (χ2v) is 6.38. The molecule has 0 bridgehead atoms. The van der Waals surface area contributed by atoms with Gasteiger partial charge >= 0.3 is 0 Å². The summed E-state index contributed by atoms with van der Waals surface area (Å²) in [5.74, 6) is 0.0455. The molecular weight excluding hydrogens is 248 g/mol. The van der Waals surface area contributed by atoms with Gasteiger partial charge in [-0.2, -0.15) is 0 Å². The molecular formula is C17H26N2O. The number of rotatable bonds is 5. The summed E-state index contributed by atoms with van der Waals surface area (Å²) in [6, 6.07) is 8.05. The van der Waals surface area contributed by atoms with Crippen LogP contribution >= 0.6 is 0 Å². The summed E-state index contributed by atoms with van der Waals surface area (Å²) in [5, 5.41) is 6.55. The number of anilines is 1. The first-order valence-electron chi connectivity index (χ1n) is 7.68. The Morgan fingerprint density at radius 1 is 1.35 bits per heavy atom. The van der Waals surface area contributed by atoms with Gasteiger partial charge in [0.05, 0.1) is 5.56 Å². The molecule has 1 unspecified atom stereocenters. The number of benzene rings is 1. The van der Waals surface area contributed by atoms with Gasteiger partial charge in [0.2, 0.25) is 0 Å². The highest BCUT2D eigenvalue weighted by Crippen LogP contribution is 2.37. The van der Waals surface area contributed by atoms with Crippen molar-refractivity contribution in [3.63, 3.8) is 0 Å². The molecule has 1 fully saturated rings. The molecule has 3 heteroatoms. The van der Waals surface area contributed by atoms with Crippen LogP contribution in [-0.2, 0) is 0 Å². The predicted molar refractivity (Wildman–Crippen MR) is 84.1 cm³/mol.